The van der Waals surface area contributed by atoms with Gasteiger partial charge in [0.2, 0.25) is 5.75 Å². The van der Waals surface area contributed by atoms with E-state index in [2.05, 4.69) is 0 Å². The maximum Gasteiger partial charge on any atom is 0.420 e. The molecule has 11 nitrogen and oxygen atoms in total. The molecule has 0 saturated heterocycles. The first-order chi connectivity index (χ1) is 17.2. The summed E-state index contributed by atoms with van der Waals surface area (Å²) in [6.07, 6.45) is -8.85. The van der Waals surface area contributed by atoms with Gasteiger partial charge in [0.25, 0.3) is 0 Å². The molecule has 4 rings (SSSR count). The van der Waals surface area contributed by atoms with Gasteiger partial charge in [-0.05, 0) is 18.2 Å². The Morgan fingerprint density at radius 3 is 2.00 bits per heavy atom. The largest absolute Gasteiger partial charge is 0.508 e. The maximum atomic E-state index is 13.6. The molecule has 0 bridgehead atoms. The molecule has 8 N–H and O–H groups in total. The molecule has 2 atom stereocenters. The van der Waals surface area contributed by atoms with E-state index in [4.69, 9.17) is 9.47 Å². The summed E-state index contributed by atoms with van der Waals surface area (Å²) in [7, 11) is 0. The third kappa shape index (κ3) is 4.44. The van der Waals surface area contributed by atoms with E-state index in [1.807, 2.05) is 0 Å². The van der Waals surface area contributed by atoms with E-state index < -0.39 is 87.9 Å². The van der Waals surface area contributed by atoms with Gasteiger partial charge in [-0.15, -0.1) is 0 Å². The first-order valence-corrected chi connectivity index (χ1v) is 10.2. The van der Waals surface area contributed by atoms with Crippen molar-refractivity contribution in [2.45, 2.75) is 24.8 Å². The maximum absolute atomic E-state index is 13.6. The predicted molar refractivity (Wildman–Crippen MR) is 114 cm³/mol. The van der Waals surface area contributed by atoms with Crippen molar-refractivity contribution in [3.63, 3.8) is 0 Å². The fourth-order valence-electron chi connectivity index (χ4n) is 3.92. The van der Waals surface area contributed by atoms with E-state index in [0.717, 1.165) is 24.3 Å². The summed E-state index contributed by atoms with van der Waals surface area (Å²) in [6, 6.07) is 4.07. The molecule has 0 unspecified atom stereocenters. The van der Waals surface area contributed by atoms with Crippen LogP contribution < -0.4 is 4.74 Å². The molecule has 0 spiro atoms. The number of esters is 1. The number of hydrogen-bond donors (Lipinski definition) is 8. The average molecular weight is 526 g/mol. The fraction of sp³-hybridized carbons (Fsp3) is 0.174. The van der Waals surface area contributed by atoms with Crippen LogP contribution in [0.3, 0.4) is 0 Å². The summed E-state index contributed by atoms with van der Waals surface area (Å²) in [6.45, 7) is 0. The van der Waals surface area contributed by atoms with Crippen LogP contribution in [-0.2, 0) is 17.3 Å². The number of halogens is 3. The van der Waals surface area contributed by atoms with Crippen molar-refractivity contribution in [1.29, 1.82) is 0 Å². The molecule has 37 heavy (non-hydrogen) atoms. The van der Waals surface area contributed by atoms with Crippen molar-refractivity contribution in [2.24, 2.45) is 0 Å². The van der Waals surface area contributed by atoms with E-state index in [9.17, 15) is 58.8 Å². The SMILES string of the molecule is O=C(O[C@@H]1Cc2c(O)cc(O)cc2O[C@H]1c1cc(O)c(O)c(O)c1)c1cc(O)c(O)c(O)c1C(F)(F)F. The van der Waals surface area contributed by atoms with Gasteiger partial charge in [-0.3, -0.25) is 0 Å². The molecule has 1 aliphatic heterocycles. The summed E-state index contributed by atoms with van der Waals surface area (Å²) < 4.78 is 51.7. The minimum atomic E-state index is -5.37. The number of rotatable bonds is 3. The summed E-state index contributed by atoms with van der Waals surface area (Å²) >= 11 is 0. The van der Waals surface area contributed by atoms with Crippen molar-refractivity contribution in [3.05, 3.63) is 52.6 Å². The second-order valence-corrected chi connectivity index (χ2v) is 8.05. The predicted octanol–water partition coefficient (Wildman–Crippen LogP) is 3.25. The van der Waals surface area contributed by atoms with Crippen LogP contribution in [0.5, 0.6) is 51.7 Å². The van der Waals surface area contributed by atoms with Gasteiger partial charge in [0.1, 0.15) is 28.9 Å². The first-order valence-electron chi connectivity index (χ1n) is 10.2. The highest BCUT2D eigenvalue weighted by Crippen LogP contribution is 2.49. The Morgan fingerprint density at radius 2 is 1.41 bits per heavy atom. The second-order valence-electron chi connectivity index (χ2n) is 8.05. The lowest BCUT2D eigenvalue weighted by atomic mass is 9.93. The Bertz CT molecular complexity index is 1400. The van der Waals surface area contributed by atoms with Gasteiger partial charge in [0.15, 0.2) is 34.9 Å². The Labute approximate surface area is 204 Å². The fourth-order valence-corrected chi connectivity index (χ4v) is 3.92. The van der Waals surface area contributed by atoms with E-state index in [1.165, 1.54) is 0 Å². The normalized spacial score (nSPS) is 17.1. The van der Waals surface area contributed by atoms with Crippen molar-refractivity contribution in [3.8, 4) is 51.7 Å². The Hall–Kier alpha value is -4.88. The van der Waals surface area contributed by atoms with E-state index in [1.54, 1.807) is 0 Å². The number of hydrogen-bond acceptors (Lipinski definition) is 11. The molecular formula is C23H17F3O11. The molecule has 3 aromatic rings. The number of benzene rings is 3. The van der Waals surface area contributed by atoms with E-state index >= 15 is 0 Å². The molecule has 0 amide bonds. The van der Waals surface area contributed by atoms with Crippen LogP contribution in [-0.4, -0.2) is 52.9 Å². The lowest BCUT2D eigenvalue weighted by molar-refractivity contribution is -0.139. The van der Waals surface area contributed by atoms with E-state index in [0.29, 0.717) is 0 Å². The molecule has 0 saturated carbocycles. The molecule has 0 aliphatic carbocycles. The lowest BCUT2D eigenvalue weighted by Gasteiger charge is -2.34. The van der Waals surface area contributed by atoms with Crippen LogP contribution in [0.15, 0.2) is 30.3 Å². The summed E-state index contributed by atoms with van der Waals surface area (Å²) in [4.78, 5) is 12.9. The van der Waals surface area contributed by atoms with Crippen molar-refractivity contribution in [2.75, 3.05) is 0 Å². The quantitative estimate of drug-likeness (QED) is 0.184. The Kier molecular flexibility index (Phi) is 5.90. The molecular weight excluding hydrogens is 509 g/mol. The highest BCUT2D eigenvalue weighted by atomic mass is 19.4. The number of aromatic hydroxyl groups is 8. The van der Waals surface area contributed by atoms with Gasteiger partial charge in [-0.25, -0.2) is 4.79 Å². The Morgan fingerprint density at radius 1 is 0.811 bits per heavy atom. The van der Waals surface area contributed by atoms with Gasteiger partial charge in [0.05, 0.1) is 5.56 Å². The van der Waals surface area contributed by atoms with Crippen LogP contribution in [0.4, 0.5) is 13.2 Å². The zero-order valence-electron chi connectivity index (χ0n) is 18.2. The number of carbonyl (C=O) groups excluding carboxylic acids is 1. The number of phenolic OH excluding ortho intramolecular Hbond substituents is 8. The molecule has 3 aromatic carbocycles. The number of phenols is 8. The second kappa shape index (κ2) is 8.65. The zero-order valence-corrected chi connectivity index (χ0v) is 18.2. The van der Waals surface area contributed by atoms with Gasteiger partial charge in [0, 0.05) is 29.7 Å². The van der Waals surface area contributed by atoms with Crippen LogP contribution >= 0.6 is 0 Å². The van der Waals surface area contributed by atoms with Crippen LogP contribution in [0.1, 0.15) is 33.2 Å². The Balaban J connectivity index is 1.81. The number of fused-ring (bicyclic) bond motifs is 1. The van der Waals surface area contributed by atoms with Crippen molar-refractivity contribution < 1.29 is 68.3 Å². The molecule has 1 aliphatic rings. The topological polar surface area (TPSA) is 197 Å². The monoisotopic (exact) mass is 526 g/mol. The van der Waals surface area contributed by atoms with Gasteiger partial charge in [-0.2, -0.15) is 13.2 Å². The molecule has 0 fully saturated rings. The number of alkyl halides is 3. The van der Waals surface area contributed by atoms with E-state index in [-0.39, 0.29) is 22.9 Å². The minimum absolute atomic E-state index is 0.0217. The number of ether oxygens (including phenoxy) is 2. The summed E-state index contributed by atoms with van der Waals surface area (Å²) in [5.74, 6) is -9.91. The van der Waals surface area contributed by atoms with Crippen LogP contribution in [0.25, 0.3) is 0 Å². The molecule has 0 aromatic heterocycles. The van der Waals surface area contributed by atoms with Crippen LogP contribution in [0, 0.1) is 0 Å². The summed E-state index contributed by atoms with van der Waals surface area (Å²) in [5, 5.41) is 78.4. The summed E-state index contributed by atoms with van der Waals surface area (Å²) in [5.41, 5.74) is -3.51. The lowest BCUT2D eigenvalue weighted by Crippen LogP contribution is -2.35. The zero-order chi connectivity index (χ0) is 27.4. The third-order valence-corrected chi connectivity index (χ3v) is 5.60. The average Bonchev–Trinajstić information content (AvgIpc) is 2.79. The molecule has 14 heteroatoms. The van der Waals surface area contributed by atoms with Crippen molar-refractivity contribution >= 4 is 5.97 Å². The molecule has 1 heterocycles. The molecule has 196 valence electrons. The van der Waals surface area contributed by atoms with Crippen LogP contribution in [0.2, 0.25) is 0 Å². The standard InChI is InChI=1S/C23H17F3O11/c24-23(25,26)17-10(5-14(31)19(33)20(17)34)22(35)37-16-6-9-11(28)3-8(27)4-15(9)36-21(16)7-1-12(29)18(32)13(30)2-7/h1-5,16,21,27-34H,6H2/t16-,21+/m1/s1. The number of carbonyl (C=O) groups is 1. The minimum Gasteiger partial charge on any atom is -0.508 e. The van der Waals surface area contributed by atoms with Gasteiger partial charge in [-0.1, -0.05) is 0 Å². The highest BCUT2D eigenvalue weighted by Gasteiger charge is 2.43. The van der Waals surface area contributed by atoms with Crippen molar-refractivity contribution in [1.82, 2.24) is 0 Å². The smallest absolute Gasteiger partial charge is 0.420 e. The molecule has 0 radical (unpaired) electrons. The first kappa shape index (κ1) is 25.2. The van der Waals surface area contributed by atoms with Gasteiger partial charge >= 0.3 is 12.1 Å². The third-order valence-electron chi connectivity index (χ3n) is 5.60. The highest BCUT2D eigenvalue weighted by molar-refractivity contribution is 5.93. The van der Waals surface area contributed by atoms with Gasteiger partial charge < -0.3 is 50.3 Å².